The maximum absolute atomic E-state index is 13.2. The third kappa shape index (κ3) is 8.48. The van der Waals surface area contributed by atoms with Crippen LogP contribution in [0.15, 0.2) is 66.9 Å². The Morgan fingerprint density at radius 2 is 1.67 bits per heavy atom. The van der Waals surface area contributed by atoms with Crippen LogP contribution in [-0.2, 0) is 32.2 Å². The van der Waals surface area contributed by atoms with Gasteiger partial charge in [0, 0.05) is 30.9 Å². The number of carbonyl (C=O) groups is 3. The SMILES string of the molecule is COC(=O)N[C@H]1C/C=C/COCc2[nH]c(nc2-c2ccc(-c3ccc(-c4c[nH]c([C@@H]5CCCN5C(=O)OC(C)(C)C)n4)cc3)cc2)CN(C)C1=O. The van der Waals surface area contributed by atoms with Crippen molar-refractivity contribution in [1.29, 1.82) is 0 Å². The van der Waals surface area contributed by atoms with E-state index in [0.29, 0.717) is 32.0 Å². The van der Waals surface area contributed by atoms with E-state index in [1.54, 1.807) is 11.9 Å². The number of benzene rings is 2. The number of methoxy groups -OCH3 is 1. The predicted octanol–water partition coefficient (Wildman–Crippen LogP) is 6.37. The molecule has 2 aromatic heterocycles. The molecule has 2 aliphatic rings. The quantitative estimate of drug-likeness (QED) is 0.204. The first kappa shape index (κ1) is 35.4. The molecular formula is C38H45N7O6. The van der Waals surface area contributed by atoms with Gasteiger partial charge in [-0.1, -0.05) is 60.7 Å². The molecule has 2 bridgehead atoms. The minimum Gasteiger partial charge on any atom is -0.453 e. The summed E-state index contributed by atoms with van der Waals surface area (Å²) in [5, 5.41) is 2.61. The second kappa shape index (κ2) is 15.2. The van der Waals surface area contributed by atoms with Gasteiger partial charge in [-0.15, -0.1) is 0 Å². The first-order valence-electron chi connectivity index (χ1n) is 17.1. The summed E-state index contributed by atoms with van der Waals surface area (Å²) in [5.41, 5.74) is 5.80. The topological polar surface area (TPSA) is 155 Å². The average molecular weight is 696 g/mol. The zero-order valence-corrected chi connectivity index (χ0v) is 29.7. The molecule has 1 saturated heterocycles. The van der Waals surface area contributed by atoms with E-state index in [-0.39, 0.29) is 24.6 Å². The molecular weight excluding hydrogens is 650 g/mol. The number of alkyl carbamates (subject to hydrolysis) is 1. The number of hydrogen-bond donors (Lipinski definition) is 3. The van der Waals surface area contributed by atoms with Crippen LogP contribution in [0.4, 0.5) is 9.59 Å². The highest BCUT2D eigenvalue weighted by Crippen LogP contribution is 2.34. The first-order chi connectivity index (χ1) is 24.5. The van der Waals surface area contributed by atoms with Crippen molar-refractivity contribution in [2.24, 2.45) is 0 Å². The Balaban J connectivity index is 1.15. The standard InChI is InChI=1S/C38H45N7O6/c1-38(2,3)51-37(48)45-19-8-10-31(45)34-39-21-29(41-34)26-15-11-24(12-16-26)25-13-17-27(18-14-25)33-30-23-50-20-7-6-9-28(42-36(47)49-5)35(46)44(4)22-32(40-30)43-33/h6-7,11-18,21,28,31H,8-10,19-20,22-23H2,1-5H3,(H,39,41)(H,40,43)(H,42,47)/b7-6+/t28-,31-/m0/s1. The lowest BCUT2D eigenvalue weighted by atomic mass is 10.0. The van der Waals surface area contributed by atoms with Gasteiger partial charge in [-0.3, -0.25) is 9.69 Å². The fourth-order valence-electron chi connectivity index (χ4n) is 6.30. The molecule has 0 saturated carbocycles. The highest BCUT2D eigenvalue weighted by molar-refractivity contribution is 5.85. The molecule has 2 aromatic carbocycles. The van der Waals surface area contributed by atoms with Crippen molar-refractivity contribution >= 4 is 18.1 Å². The van der Waals surface area contributed by atoms with Crippen molar-refractivity contribution in [3.63, 3.8) is 0 Å². The summed E-state index contributed by atoms with van der Waals surface area (Å²) >= 11 is 0. The van der Waals surface area contributed by atoms with Crippen molar-refractivity contribution in [1.82, 2.24) is 35.1 Å². The van der Waals surface area contributed by atoms with E-state index in [2.05, 4.69) is 39.6 Å². The number of nitrogens with zero attached hydrogens (tertiary/aromatic N) is 4. The number of aromatic amines is 2. The molecule has 1 fully saturated rings. The summed E-state index contributed by atoms with van der Waals surface area (Å²) in [4.78, 5) is 57.5. The third-order valence-corrected chi connectivity index (χ3v) is 8.83. The van der Waals surface area contributed by atoms with Crippen molar-refractivity contribution in [3.05, 3.63) is 84.2 Å². The van der Waals surface area contributed by atoms with E-state index in [1.807, 2.05) is 63.4 Å². The van der Waals surface area contributed by atoms with Gasteiger partial charge in [0.25, 0.3) is 0 Å². The van der Waals surface area contributed by atoms with Gasteiger partial charge in [-0.25, -0.2) is 19.6 Å². The fraction of sp³-hybridized carbons (Fsp3) is 0.395. The smallest absolute Gasteiger partial charge is 0.410 e. The van der Waals surface area contributed by atoms with Crippen molar-refractivity contribution < 1.29 is 28.6 Å². The summed E-state index contributed by atoms with van der Waals surface area (Å²) in [5.74, 6) is 1.11. The molecule has 6 rings (SSSR count). The molecule has 13 nitrogen and oxygen atoms in total. The zero-order chi connectivity index (χ0) is 36.1. The van der Waals surface area contributed by atoms with Crippen molar-refractivity contribution in [3.8, 4) is 33.6 Å². The highest BCUT2D eigenvalue weighted by Gasteiger charge is 2.35. The van der Waals surface area contributed by atoms with Crippen LogP contribution >= 0.6 is 0 Å². The van der Waals surface area contributed by atoms with E-state index < -0.39 is 17.7 Å². The van der Waals surface area contributed by atoms with E-state index in [9.17, 15) is 14.4 Å². The van der Waals surface area contributed by atoms with Gasteiger partial charge >= 0.3 is 12.2 Å². The van der Waals surface area contributed by atoms with E-state index >= 15 is 0 Å². The number of ether oxygens (including phenoxy) is 3. The Bertz CT molecular complexity index is 1870. The van der Waals surface area contributed by atoms with Crippen molar-refractivity contribution in [2.45, 2.75) is 70.9 Å². The number of fused-ring (bicyclic) bond motifs is 2. The lowest BCUT2D eigenvalue weighted by Crippen LogP contribution is -2.47. The number of carbonyl (C=O) groups excluding carboxylic acids is 3. The summed E-state index contributed by atoms with van der Waals surface area (Å²) in [6.07, 6.45) is 6.60. The summed E-state index contributed by atoms with van der Waals surface area (Å²) in [6.45, 7) is 7.14. The van der Waals surface area contributed by atoms with Crippen LogP contribution in [0.5, 0.6) is 0 Å². The fourth-order valence-corrected chi connectivity index (χ4v) is 6.30. The number of imidazole rings is 2. The van der Waals surface area contributed by atoms with Gasteiger partial charge in [0.2, 0.25) is 5.91 Å². The second-order valence-electron chi connectivity index (χ2n) is 13.8. The number of aromatic nitrogens is 4. The Hall–Kier alpha value is -5.43. The Kier molecular flexibility index (Phi) is 10.6. The molecule has 2 atom stereocenters. The third-order valence-electron chi connectivity index (χ3n) is 8.83. The monoisotopic (exact) mass is 695 g/mol. The van der Waals surface area contributed by atoms with Crippen molar-refractivity contribution in [2.75, 3.05) is 27.3 Å². The first-order valence-corrected chi connectivity index (χ1v) is 17.1. The van der Waals surface area contributed by atoms with Gasteiger partial charge in [0.05, 0.1) is 50.0 Å². The number of likely N-dealkylation sites (tertiary alicyclic amines) is 1. The molecule has 0 radical (unpaired) electrons. The van der Waals surface area contributed by atoms with Gasteiger partial charge in [-0.05, 0) is 51.2 Å². The van der Waals surface area contributed by atoms with E-state index in [1.165, 1.54) is 12.0 Å². The molecule has 0 unspecified atom stereocenters. The lowest BCUT2D eigenvalue weighted by molar-refractivity contribution is -0.132. The predicted molar refractivity (Wildman–Crippen MR) is 191 cm³/mol. The molecule has 4 aromatic rings. The maximum atomic E-state index is 13.2. The van der Waals surface area contributed by atoms with Gasteiger partial charge in [0.15, 0.2) is 0 Å². The van der Waals surface area contributed by atoms with Gasteiger partial charge < -0.3 is 34.4 Å². The molecule has 2 aliphatic heterocycles. The number of likely N-dealkylation sites (N-methyl/N-ethyl adjacent to an activating group) is 1. The number of amides is 3. The molecule has 3 amide bonds. The zero-order valence-electron chi connectivity index (χ0n) is 29.7. The molecule has 268 valence electrons. The number of hydrogen-bond acceptors (Lipinski definition) is 8. The maximum Gasteiger partial charge on any atom is 0.410 e. The van der Waals surface area contributed by atoms with Crippen LogP contribution in [0.1, 0.15) is 63.4 Å². The molecule has 4 heterocycles. The van der Waals surface area contributed by atoms with Gasteiger partial charge in [-0.2, -0.15) is 0 Å². The largest absolute Gasteiger partial charge is 0.453 e. The summed E-state index contributed by atoms with van der Waals surface area (Å²) in [6, 6.07) is 15.5. The van der Waals surface area contributed by atoms with Crippen LogP contribution < -0.4 is 5.32 Å². The highest BCUT2D eigenvalue weighted by atomic mass is 16.6. The van der Waals surface area contributed by atoms with Crippen LogP contribution in [0.3, 0.4) is 0 Å². The molecule has 13 heteroatoms. The van der Waals surface area contributed by atoms with Crippen LogP contribution in [-0.4, -0.2) is 86.8 Å². The summed E-state index contributed by atoms with van der Waals surface area (Å²) in [7, 11) is 2.94. The lowest BCUT2D eigenvalue weighted by Gasteiger charge is -2.27. The normalized spacial score (nSPS) is 19.1. The average Bonchev–Trinajstić information content (AvgIpc) is 3.88. The number of nitrogens with one attached hydrogen (secondary N) is 3. The van der Waals surface area contributed by atoms with Crippen LogP contribution in [0, 0.1) is 0 Å². The summed E-state index contributed by atoms with van der Waals surface area (Å²) < 4.78 is 16.2. The Morgan fingerprint density at radius 3 is 2.35 bits per heavy atom. The van der Waals surface area contributed by atoms with E-state index in [0.717, 1.165) is 58.0 Å². The Morgan fingerprint density at radius 1 is 0.980 bits per heavy atom. The van der Waals surface area contributed by atoms with Gasteiger partial charge in [0.1, 0.15) is 23.3 Å². The molecule has 3 N–H and O–H groups in total. The Labute approximate surface area is 297 Å². The molecule has 0 aliphatic carbocycles. The number of rotatable bonds is 5. The van der Waals surface area contributed by atoms with Crippen LogP contribution in [0.25, 0.3) is 33.6 Å². The van der Waals surface area contributed by atoms with Crippen LogP contribution in [0.2, 0.25) is 0 Å². The van der Waals surface area contributed by atoms with E-state index in [4.69, 9.17) is 24.2 Å². The molecule has 0 spiro atoms. The molecule has 51 heavy (non-hydrogen) atoms. The second-order valence-corrected chi connectivity index (χ2v) is 13.8. The minimum atomic E-state index is -0.777. The minimum absolute atomic E-state index is 0.141. The number of H-pyrrole nitrogens is 2.